The van der Waals surface area contributed by atoms with Crippen LogP contribution in [-0.2, 0) is 19.1 Å². The lowest BCUT2D eigenvalue weighted by atomic mass is 10.3. The van der Waals surface area contributed by atoms with E-state index in [1.165, 1.54) is 27.0 Å². The van der Waals surface area contributed by atoms with Gasteiger partial charge >= 0.3 is 5.97 Å². The Hall–Kier alpha value is -1.65. The summed E-state index contributed by atoms with van der Waals surface area (Å²) in [6.07, 6.45) is 1.36. The van der Waals surface area contributed by atoms with Crippen molar-refractivity contribution in [2.24, 2.45) is 0 Å². The molecule has 0 aliphatic carbocycles. The molecular weight excluding hydrogens is 186 g/mol. The van der Waals surface area contributed by atoms with E-state index in [4.69, 9.17) is 0 Å². The Morgan fingerprint density at radius 2 is 1.57 bits per heavy atom. The lowest BCUT2D eigenvalue weighted by Crippen LogP contribution is -2.36. The molecule has 0 atom stereocenters. The maximum Gasteiger partial charge on any atom is 0.354 e. The summed E-state index contributed by atoms with van der Waals surface area (Å²) >= 11 is 0. The van der Waals surface area contributed by atoms with E-state index in [9.17, 15) is 14.4 Å². The zero-order valence-electron chi connectivity index (χ0n) is 8.66. The molecule has 0 aromatic heterocycles. The van der Waals surface area contributed by atoms with Gasteiger partial charge in [0.15, 0.2) is 0 Å². The number of carbonyl (C=O) groups excluding carboxylic acids is 3. The van der Waals surface area contributed by atoms with Crippen molar-refractivity contribution in [3.63, 3.8) is 0 Å². The molecule has 0 fully saturated rings. The number of carbonyl (C=O) groups is 3. The highest BCUT2D eigenvalue weighted by molar-refractivity contribution is 6.03. The third-order valence-electron chi connectivity index (χ3n) is 1.54. The number of allylic oxidation sites excluding steroid dienone is 1. The number of imide groups is 1. The van der Waals surface area contributed by atoms with Gasteiger partial charge in [-0.05, 0) is 6.92 Å². The number of ether oxygens (including phenoxy) is 1. The first-order valence-electron chi connectivity index (χ1n) is 4.01. The summed E-state index contributed by atoms with van der Waals surface area (Å²) in [6.45, 7) is 3.95. The Balaban J connectivity index is 5.08. The van der Waals surface area contributed by atoms with Crippen LogP contribution in [0.1, 0.15) is 20.8 Å². The molecular formula is C9H13NO4. The number of hydrogen-bond donors (Lipinski definition) is 0. The summed E-state index contributed by atoms with van der Waals surface area (Å²) in [7, 11) is 1.18. The van der Waals surface area contributed by atoms with Crippen LogP contribution in [0.2, 0.25) is 0 Å². The molecule has 0 saturated heterocycles. The third kappa shape index (κ3) is 2.69. The molecule has 0 radical (unpaired) electrons. The van der Waals surface area contributed by atoms with E-state index in [-0.39, 0.29) is 5.70 Å². The van der Waals surface area contributed by atoms with Crippen molar-refractivity contribution in [1.82, 2.24) is 4.90 Å². The monoisotopic (exact) mass is 199 g/mol. The van der Waals surface area contributed by atoms with Crippen LogP contribution in [-0.4, -0.2) is 29.8 Å². The van der Waals surface area contributed by atoms with E-state index in [2.05, 4.69) is 4.74 Å². The SMILES string of the molecule is C/C=C(/C(=O)OC)N(C(C)=O)C(C)=O. The molecule has 0 aromatic carbocycles. The molecule has 0 aliphatic rings. The van der Waals surface area contributed by atoms with Gasteiger partial charge in [0.05, 0.1) is 7.11 Å². The van der Waals surface area contributed by atoms with Crippen LogP contribution in [0.5, 0.6) is 0 Å². The summed E-state index contributed by atoms with van der Waals surface area (Å²) in [5, 5.41) is 0. The molecule has 0 heterocycles. The van der Waals surface area contributed by atoms with Gasteiger partial charge in [-0.1, -0.05) is 6.08 Å². The minimum Gasteiger partial charge on any atom is -0.464 e. The van der Waals surface area contributed by atoms with Crippen LogP contribution in [0.25, 0.3) is 0 Å². The summed E-state index contributed by atoms with van der Waals surface area (Å²) in [5.41, 5.74) is -0.0625. The lowest BCUT2D eigenvalue weighted by molar-refractivity contribution is -0.147. The fraction of sp³-hybridized carbons (Fsp3) is 0.444. The molecule has 14 heavy (non-hydrogen) atoms. The number of methoxy groups -OCH3 is 1. The van der Waals surface area contributed by atoms with Gasteiger partial charge in [-0.15, -0.1) is 0 Å². The fourth-order valence-corrected chi connectivity index (χ4v) is 1.00. The first-order valence-corrected chi connectivity index (χ1v) is 4.01. The topological polar surface area (TPSA) is 63.7 Å². The normalized spacial score (nSPS) is 10.7. The number of nitrogens with zero attached hydrogens (tertiary/aromatic N) is 1. The number of rotatable bonds is 2. The van der Waals surface area contributed by atoms with Crippen molar-refractivity contribution in [2.45, 2.75) is 20.8 Å². The number of hydrogen-bond acceptors (Lipinski definition) is 4. The van der Waals surface area contributed by atoms with Crippen molar-refractivity contribution < 1.29 is 19.1 Å². The number of amides is 2. The van der Waals surface area contributed by atoms with E-state index < -0.39 is 17.8 Å². The molecule has 0 aliphatic heterocycles. The van der Waals surface area contributed by atoms with E-state index in [1.54, 1.807) is 6.92 Å². The predicted molar refractivity (Wildman–Crippen MR) is 49.0 cm³/mol. The quantitative estimate of drug-likeness (QED) is 0.478. The zero-order valence-corrected chi connectivity index (χ0v) is 8.66. The van der Waals surface area contributed by atoms with E-state index in [1.807, 2.05) is 0 Å². The van der Waals surface area contributed by atoms with Crippen molar-refractivity contribution in [3.05, 3.63) is 11.8 Å². The molecule has 0 spiro atoms. The first-order chi connectivity index (χ1) is 6.45. The van der Waals surface area contributed by atoms with Crippen molar-refractivity contribution in [2.75, 3.05) is 7.11 Å². The van der Waals surface area contributed by atoms with Crippen LogP contribution < -0.4 is 0 Å². The third-order valence-corrected chi connectivity index (χ3v) is 1.54. The summed E-state index contributed by atoms with van der Waals surface area (Å²) in [4.78, 5) is 34.1. The minimum atomic E-state index is -0.710. The maximum absolute atomic E-state index is 11.2. The second kappa shape index (κ2) is 5.16. The number of esters is 1. The summed E-state index contributed by atoms with van der Waals surface area (Å²) in [5.74, 6) is -1.75. The Morgan fingerprint density at radius 1 is 1.14 bits per heavy atom. The largest absolute Gasteiger partial charge is 0.464 e. The molecule has 0 rings (SSSR count). The van der Waals surface area contributed by atoms with Crippen molar-refractivity contribution >= 4 is 17.8 Å². The highest BCUT2D eigenvalue weighted by atomic mass is 16.5. The van der Waals surface area contributed by atoms with Gasteiger partial charge in [-0.3, -0.25) is 9.59 Å². The van der Waals surface area contributed by atoms with Gasteiger partial charge < -0.3 is 4.74 Å². The summed E-state index contributed by atoms with van der Waals surface area (Å²) < 4.78 is 4.43. The van der Waals surface area contributed by atoms with Crippen LogP contribution in [0.15, 0.2) is 11.8 Å². The van der Waals surface area contributed by atoms with Crippen LogP contribution >= 0.6 is 0 Å². The van der Waals surface area contributed by atoms with E-state index >= 15 is 0 Å². The molecule has 0 unspecified atom stereocenters. The van der Waals surface area contributed by atoms with Crippen LogP contribution in [0.4, 0.5) is 0 Å². The maximum atomic E-state index is 11.2. The average Bonchev–Trinajstić information content (AvgIpc) is 2.11. The molecule has 0 bridgehead atoms. The van der Waals surface area contributed by atoms with E-state index in [0.717, 1.165) is 4.90 Å². The standard InChI is InChI=1S/C9H13NO4/c1-5-8(9(13)14-4)10(6(2)11)7(3)12/h5H,1-4H3/b8-5-. The fourth-order valence-electron chi connectivity index (χ4n) is 1.00. The van der Waals surface area contributed by atoms with Gasteiger partial charge in [-0.2, -0.15) is 0 Å². The van der Waals surface area contributed by atoms with E-state index in [0.29, 0.717) is 0 Å². The molecule has 5 nitrogen and oxygen atoms in total. The Kier molecular flexibility index (Phi) is 4.55. The van der Waals surface area contributed by atoms with Crippen LogP contribution in [0.3, 0.4) is 0 Å². The zero-order chi connectivity index (χ0) is 11.3. The van der Waals surface area contributed by atoms with Gasteiger partial charge in [0.2, 0.25) is 11.8 Å². The molecule has 0 N–H and O–H groups in total. The highest BCUT2D eigenvalue weighted by Crippen LogP contribution is 2.07. The predicted octanol–water partition coefficient (Wildman–Crippen LogP) is 0.458. The van der Waals surface area contributed by atoms with Crippen molar-refractivity contribution in [1.29, 1.82) is 0 Å². The van der Waals surface area contributed by atoms with Crippen molar-refractivity contribution in [3.8, 4) is 0 Å². The lowest BCUT2D eigenvalue weighted by Gasteiger charge is -2.18. The average molecular weight is 199 g/mol. The van der Waals surface area contributed by atoms with Gasteiger partial charge in [0, 0.05) is 13.8 Å². The molecule has 2 amide bonds. The molecule has 0 aromatic rings. The van der Waals surface area contributed by atoms with Crippen LogP contribution in [0, 0.1) is 0 Å². The van der Waals surface area contributed by atoms with Gasteiger partial charge in [0.1, 0.15) is 5.70 Å². The smallest absolute Gasteiger partial charge is 0.354 e. The molecule has 0 saturated carbocycles. The van der Waals surface area contributed by atoms with Gasteiger partial charge in [-0.25, -0.2) is 9.69 Å². The second-order valence-corrected chi connectivity index (χ2v) is 2.54. The highest BCUT2D eigenvalue weighted by Gasteiger charge is 2.24. The Labute approximate surface area is 82.3 Å². The molecule has 5 heteroatoms. The second-order valence-electron chi connectivity index (χ2n) is 2.54. The summed E-state index contributed by atoms with van der Waals surface area (Å²) in [6, 6.07) is 0. The Bertz CT molecular complexity index is 279. The Morgan fingerprint density at radius 3 is 1.79 bits per heavy atom. The molecule has 78 valence electrons. The minimum absolute atomic E-state index is 0.0625. The van der Waals surface area contributed by atoms with Gasteiger partial charge in [0.25, 0.3) is 0 Å². The first kappa shape index (κ1) is 12.3.